The van der Waals surface area contributed by atoms with Crippen molar-refractivity contribution in [2.75, 3.05) is 5.73 Å². The summed E-state index contributed by atoms with van der Waals surface area (Å²) in [6, 6.07) is 10.4. The highest BCUT2D eigenvalue weighted by Gasteiger charge is 2.30. The second kappa shape index (κ2) is 4.26. The summed E-state index contributed by atoms with van der Waals surface area (Å²) < 4.78 is 37.9. The van der Waals surface area contributed by atoms with Gasteiger partial charge in [-0.1, -0.05) is 12.1 Å². The summed E-state index contributed by atoms with van der Waals surface area (Å²) in [6.45, 7) is 0. The molecular weight excluding hydrogens is 267 g/mol. The first-order chi connectivity index (χ1) is 9.43. The number of rotatable bonds is 1. The number of aromatic nitrogens is 2. The molecule has 3 rings (SSSR count). The Balaban J connectivity index is 2.11. The third kappa shape index (κ3) is 2.20. The molecule has 0 bridgehead atoms. The van der Waals surface area contributed by atoms with E-state index in [4.69, 9.17) is 5.73 Å². The maximum Gasteiger partial charge on any atom is 0.416 e. The number of nitrogen functional groups attached to an aromatic ring is 1. The van der Waals surface area contributed by atoms with Crippen molar-refractivity contribution >= 4 is 16.7 Å². The monoisotopic (exact) mass is 277 g/mol. The molecule has 2 aromatic carbocycles. The van der Waals surface area contributed by atoms with Crippen LogP contribution in [0.4, 0.5) is 18.9 Å². The number of nitrogens with two attached hydrogens (primary N) is 1. The number of benzene rings is 2. The minimum atomic E-state index is -4.36. The van der Waals surface area contributed by atoms with Gasteiger partial charge in [0.25, 0.3) is 0 Å². The topological polar surface area (TPSA) is 54.7 Å². The summed E-state index contributed by atoms with van der Waals surface area (Å²) in [5, 5.41) is 0. The summed E-state index contributed by atoms with van der Waals surface area (Å²) in [7, 11) is 0. The number of halogens is 3. The van der Waals surface area contributed by atoms with Crippen molar-refractivity contribution in [3.63, 3.8) is 0 Å². The number of nitrogens with zero attached hydrogens (tertiary/aromatic N) is 1. The van der Waals surface area contributed by atoms with Gasteiger partial charge in [-0.05, 0) is 30.3 Å². The lowest BCUT2D eigenvalue weighted by atomic mass is 10.2. The highest BCUT2D eigenvalue weighted by atomic mass is 19.4. The normalized spacial score (nSPS) is 11.9. The third-order valence-electron chi connectivity index (χ3n) is 2.97. The molecule has 3 N–H and O–H groups in total. The van der Waals surface area contributed by atoms with Gasteiger partial charge >= 0.3 is 6.18 Å². The molecule has 0 aliphatic carbocycles. The van der Waals surface area contributed by atoms with Crippen LogP contribution in [0, 0.1) is 0 Å². The first kappa shape index (κ1) is 12.5. The molecule has 0 spiro atoms. The fraction of sp³-hybridized carbons (Fsp3) is 0.0714. The standard InChI is InChI=1S/C14H10F3N3/c15-14(16,17)9-4-5-11-12(7-9)20-13(19-11)8-2-1-3-10(18)6-8/h1-7H,18H2,(H,19,20). The van der Waals surface area contributed by atoms with Crippen molar-refractivity contribution < 1.29 is 13.2 Å². The Morgan fingerprint density at radius 2 is 1.85 bits per heavy atom. The molecule has 0 amide bonds. The number of hydrogen-bond donors (Lipinski definition) is 2. The van der Waals surface area contributed by atoms with Crippen molar-refractivity contribution in [1.82, 2.24) is 9.97 Å². The van der Waals surface area contributed by atoms with Gasteiger partial charge in [0.05, 0.1) is 16.6 Å². The zero-order valence-electron chi connectivity index (χ0n) is 10.2. The molecule has 0 saturated carbocycles. The van der Waals surface area contributed by atoms with E-state index in [1.807, 2.05) is 0 Å². The van der Waals surface area contributed by atoms with Gasteiger partial charge in [0.1, 0.15) is 5.82 Å². The average Bonchev–Trinajstić information content (AvgIpc) is 2.80. The molecule has 0 unspecified atom stereocenters. The van der Waals surface area contributed by atoms with E-state index in [1.165, 1.54) is 6.07 Å². The zero-order valence-corrected chi connectivity index (χ0v) is 10.2. The second-order valence-corrected chi connectivity index (χ2v) is 4.44. The van der Waals surface area contributed by atoms with Crippen molar-refractivity contribution in [3.05, 3.63) is 48.0 Å². The highest BCUT2D eigenvalue weighted by Crippen LogP contribution is 2.31. The van der Waals surface area contributed by atoms with Crippen molar-refractivity contribution in [2.24, 2.45) is 0 Å². The van der Waals surface area contributed by atoms with Gasteiger partial charge in [0, 0.05) is 11.3 Å². The molecule has 0 aliphatic heterocycles. The molecular formula is C14H10F3N3. The molecule has 3 aromatic rings. The van der Waals surface area contributed by atoms with Crippen LogP contribution in [0.2, 0.25) is 0 Å². The van der Waals surface area contributed by atoms with Crippen LogP contribution in [0.15, 0.2) is 42.5 Å². The number of aromatic amines is 1. The fourth-order valence-electron chi connectivity index (χ4n) is 2.01. The van der Waals surface area contributed by atoms with Crippen molar-refractivity contribution in [2.45, 2.75) is 6.18 Å². The molecule has 0 saturated heterocycles. The molecule has 3 nitrogen and oxygen atoms in total. The van der Waals surface area contributed by atoms with Crippen LogP contribution in [0.25, 0.3) is 22.4 Å². The van der Waals surface area contributed by atoms with E-state index >= 15 is 0 Å². The molecule has 0 radical (unpaired) electrons. The van der Waals surface area contributed by atoms with Gasteiger partial charge in [-0.3, -0.25) is 0 Å². The van der Waals surface area contributed by atoms with E-state index in [1.54, 1.807) is 24.3 Å². The van der Waals surface area contributed by atoms with Gasteiger partial charge in [-0.2, -0.15) is 13.2 Å². The molecule has 20 heavy (non-hydrogen) atoms. The Labute approximate surface area is 112 Å². The van der Waals surface area contributed by atoms with E-state index in [-0.39, 0.29) is 0 Å². The van der Waals surface area contributed by atoms with Crippen LogP contribution in [0.1, 0.15) is 5.56 Å². The van der Waals surface area contributed by atoms with Gasteiger partial charge in [0.15, 0.2) is 0 Å². The molecule has 1 aromatic heterocycles. The van der Waals surface area contributed by atoms with Crippen LogP contribution in [0.3, 0.4) is 0 Å². The van der Waals surface area contributed by atoms with Gasteiger partial charge in [-0.25, -0.2) is 4.98 Å². The number of imidazole rings is 1. The summed E-state index contributed by atoms with van der Waals surface area (Å²) in [4.78, 5) is 7.15. The third-order valence-corrected chi connectivity index (χ3v) is 2.97. The molecule has 6 heteroatoms. The van der Waals surface area contributed by atoms with Gasteiger partial charge < -0.3 is 10.7 Å². The van der Waals surface area contributed by atoms with Crippen LogP contribution in [-0.2, 0) is 6.18 Å². The fourth-order valence-corrected chi connectivity index (χ4v) is 2.01. The van der Waals surface area contributed by atoms with E-state index in [9.17, 15) is 13.2 Å². The largest absolute Gasteiger partial charge is 0.416 e. The van der Waals surface area contributed by atoms with E-state index in [0.717, 1.165) is 17.7 Å². The predicted molar refractivity (Wildman–Crippen MR) is 70.9 cm³/mol. The maximum absolute atomic E-state index is 12.6. The highest BCUT2D eigenvalue weighted by molar-refractivity contribution is 5.80. The lowest BCUT2D eigenvalue weighted by Gasteiger charge is -2.05. The molecule has 102 valence electrons. The number of alkyl halides is 3. The molecule has 0 fully saturated rings. The molecule has 0 atom stereocenters. The van der Waals surface area contributed by atoms with Crippen LogP contribution in [-0.4, -0.2) is 9.97 Å². The van der Waals surface area contributed by atoms with Crippen LogP contribution < -0.4 is 5.73 Å². The quantitative estimate of drug-likeness (QED) is 0.664. The van der Waals surface area contributed by atoms with Gasteiger partial charge in [0.2, 0.25) is 0 Å². The summed E-state index contributed by atoms with van der Waals surface area (Å²) in [5.41, 5.74) is 7.11. The Hall–Kier alpha value is -2.50. The summed E-state index contributed by atoms with van der Waals surface area (Å²) in [5.74, 6) is 0.492. The minimum Gasteiger partial charge on any atom is -0.399 e. The number of fused-ring (bicyclic) bond motifs is 1. The number of nitrogens with one attached hydrogen (secondary N) is 1. The zero-order chi connectivity index (χ0) is 14.3. The summed E-state index contributed by atoms with van der Waals surface area (Å²) >= 11 is 0. The average molecular weight is 277 g/mol. The van der Waals surface area contributed by atoms with Crippen LogP contribution >= 0.6 is 0 Å². The lowest BCUT2D eigenvalue weighted by Crippen LogP contribution is -2.04. The van der Waals surface area contributed by atoms with Crippen molar-refractivity contribution in [3.8, 4) is 11.4 Å². The summed E-state index contributed by atoms with van der Waals surface area (Å²) in [6.07, 6.45) is -4.36. The minimum absolute atomic E-state index is 0.345. The Morgan fingerprint density at radius 1 is 1.05 bits per heavy atom. The number of hydrogen-bond acceptors (Lipinski definition) is 2. The van der Waals surface area contributed by atoms with Gasteiger partial charge in [-0.15, -0.1) is 0 Å². The maximum atomic E-state index is 12.6. The molecule has 0 aliphatic rings. The first-order valence-electron chi connectivity index (χ1n) is 5.86. The lowest BCUT2D eigenvalue weighted by molar-refractivity contribution is -0.137. The number of H-pyrrole nitrogens is 1. The first-order valence-corrected chi connectivity index (χ1v) is 5.86. The van der Waals surface area contributed by atoms with Crippen molar-refractivity contribution in [1.29, 1.82) is 0 Å². The Bertz CT molecular complexity index is 775. The predicted octanol–water partition coefficient (Wildman–Crippen LogP) is 3.83. The SMILES string of the molecule is Nc1cccc(-c2nc3ccc(C(F)(F)F)cc3[nH]2)c1. The Morgan fingerprint density at radius 3 is 2.55 bits per heavy atom. The van der Waals surface area contributed by atoms with E-state index < -0.39 is 11.7 Å². The van der Waals surface area contributed by atoms with E-state index in [2.05, 4.69) is 9.97 Å². The van der Waals surface area contributed by atoms with Crippen LogP contribution in [0.5, 0.6) is 0 Å². The second-order valence-electron chi connectivity index (χ2n) is 4.44. The Kier molecular flexibility index (Phi) is 2.67. The number of anilines is 1. The van der Waals surface area contributed by atoms with E-state index in [0.29, 0.717) is 22.5 Å². The molecule has 1 heterocycles. The smallest absolute Gasteiger partial charge is 0.399 e.